The number of nitrogen functional groups attached to an aromatic ring is 1. The van der Waals surface area contributed by atoms with Crippen LogP contribution in [0.15, 0.2) is 18.2 Å². The highest BCUT2D eigenvalue weighted by Gasteiger charge is 2.16. The molecule has 0 aromatic heterocycles. The van der Waals surface area contributed by atoms with E-state index in [1.165, 1.54) is 11.1 Å². The maximum Gasteiger partial charge on any atom is 0.0431 e. The second-order valence-electron chi connectivity index (χ2n) is 4.44. The predicted octanol–water partition coefficient (Wildman–Crippen LogP) is 1.40. The van der Waals surface area contributed by atoms with Crippen LogP contribution in [0, 0.1) is 0 Å². The number of unbranched alkanes of at least 4 members (excludes halogenated alkanes) is 1. The van der Waals surface area contributed by atoms with Crippen molar-refractivity contribution in [1.82, 2.24) is 4.90 Å². The van der Waals surface area contributed by atoms with Crippen molar-refractivity contribution >= 4 is 5.69 Å². The van der Waals surface area contributed by atoms with Crippen LogP contribution in [0.3, 0.4) is 0 Å². The molecule has 0 atom stereocenters. The molecule has 1 aliphatic rings. The molecule has 2 rings (SSSR count). The maximum absolute atomic E-state index is 8.75. The lowest BCUT2D eigenvalue weighted by atomic mass is 9.98. The lowest BCUT2D eigenvalue weighted by molar-refractivity contribution is 0.229. The first-order valence-corrected chi connectivity index (χ1v) is 6.00. The number of aliphatic hydroxyl groups excluding tert-OH is 1. The van der Waals surface area contributed by atoms with Gasteiger partial charge in [-0.25, -0.2) is 0 Å². The van der Waals surface area contributed by atoms with E-state index < -0.39 is 0 Å². The monoisotopic (exact) mass is 220 g/mol. The summed E-state index contributed by atoms with van der Waals surface area (Å²) in [5.41, 5.74) is 9.60. The first kappa shape index (κ1) is 11.4. The molecule has 0 amide bonds. The topological polar surface area (TPSA) is 49.5 Å². The molecular formula is C13H20N2O. The number of benzene rings is 1. The molecule has 0 saturated carbocycles. The summed E-state index contributed by atoms with van der Waals surface area (Å²) < 4.78 is 0. The van der Waals surface area contributed by atoms with Crippen molar-refractivity contribution in [3.05, 3.63) is 29.3 Å². The van der Waals surface area contributed by atoms with Crippen molar-refractivity contribution in [3.8, 4) is 0 Å². The predicted molar refractivity (Wildman–Crippen MR) is 66.2 cm³/mol. The number of fused-ring (bicyclic) bond motifs is 1. The smallest absolute Gasteiger partial charge is 0.0431 e. The summed E-state index contributed by atoms with van der Waals surface area (Å²) in [4.78, 5) is 2.44. The number of hydrogen-bond donors (Lipinski definition) is 2. The van der Waals surface area contributed by atoms with Crippen LogP contribution >= 0.6 is 0 Å². The van der Waals surface area contributed by atoms with Crippen LogP contribution in [0.5, 0.6) is 0 Å². The summed E-state index contributed by atoms with van der Waals surface area (Å²) in [6, 6.07) is 6.19. The molecule has 0 bridgehead atoms. The van der Waals surface area contributed by atoms with Crippen LogP contribution in [0.25, 0.3) is 0 Å². The van der Waals surface area contributed by atoms with E-state index in [0.29, 0.717) is 6.61 Å². The first-order chi connectivity index (χ1) is 7.81. The first-order valence-electron chi connectivity index (χ1n) is 6.00. The Labute approximate surface area is 96.9 Å². The minimum atomic E-state index is 0.303. The zero-order valence-electron chi connectivity index (χ0n) is 9.65. The van der Waals surface area contributed by atoms with Gasteiger partial charge in [0.15, 0.2) is 0 Å². The van der Waals surface area contributed by atoms with Gasteiger partial charge in [-0.2, -0.15) is 0 Å². The Bertz CT molecular complexity index is 352. The number of nitrogens with zero attached hydrogens (tertiary/aromatic N) is 1. The Balaban J connectivity index is 1.96. The second-order valence-corrected chi connectivity index (χ2v) is 4.44. The summed E-state index contributed by atoms with van der Waals surface area (Å²) in [6.45, 7) is 3.48. The van der Waals surface area contributed by atoms with E-state index in [0.717, 1.165) is 44.6 Å². The molecule has 0 spiro atoms. The largest absolute Gasteiger partial charge is 0.398 e. The third-order valence-electron chi connectivity index (χ3n) is 3.26. The molecule has 88 valence electrons. The quantitative estimate of drug-likeness (QED) is 0.595. The molecule has 0 saturated heterocycles. The van der Waals surface area contributed by atoms with E-state index in [1.54, 1.807) is 0 Å². The van der Waals surface area contributed by atoms with Crippen molar-refractivity contribution in [2.24, 2.45) is 0 Å². The number of rotatable bonds is 4. The zero-order valence-corrected chi connectivity index (χ0v) is 9.65. The van der Waals surface area contributed by atoms with Crippen molar-refractivity contribution in [1.29, 1.82) is 0 Å². The van der Waals surface area contributed by atoms with Crippen LogP contribution < -0.4 is 5.73 Å². The minimum Gasteiger partial charge on any atom is -0.398 e. The molecule has 16 heavy (non-hydrogen) atoms. The van der Waals surface area contributed by atoms with Gasteiger partial charge in [0.05, 0.1) is 0 Å². The number of anilines is 1. The molecule has 0 radical (unpaired) electrons. The fraction of sp³-hybridized carbons (Fsp3) is 0.538. The van der Waals surface area contributed by atoms with Crippen LogP contribution in [-0.2, 0) is 13.0 Å². The Morgan fingerprint density at radius 3 is 3.00 bits per heavy atom. The van der Waals surface area contributed by atoms with Gasteiger partial charge in [0.25, 0.3) is 0 Å². The summed E-state index contributed by atoms with van der Waals surface area (Å²) in [7, 11) is 0. The zero-order chi connectivity index (χ0) is 11.4. The summed E-state index contributed by atoms with van der Waals surface area (Å²) in [5, 5.41) is 8.75. The Morgan fingerprint density at radius 2 is 2.19 bits per heavy atom. The van der Waals surface area contributed by atoms with E-state index in [9.17, 15) is 0 Å². The summed E-state index contributed by atoms with van der Waals surface area (Å²) in [5.74, 6) is 0. The molecule has 3 heteroatoms. The Hall–Kier alpha value is -1.06. The third-order valence-corrected chi connectivity index (χ3v) is 3.26. The molecule has 1 heterocycles. The molecule has 0 unspecified atom stereocenters. The van der Waals surface area contributed by atoms with Gasteiger partial charge >= 0.3 is 0 Å². The van der Waals surface area contributed by atoms with E-state index in [4.69, 9.17) is 10.8 Å². The molecule has 0 aliphatic carbocycles. The highest BCUT2D eigenvalue weighted by molar-refractivity contribution is 5.51. The van der Waals surface area contributed by atoms with Gasteiger partial charge < -0.3 is 10.8 Å². The van der Waals surface area contributed by atoms with Gasteiger partial charge in [0.2, 0.25) is 0 Å². The van der Waals surface area contributed by atoms with Crippen LogP contribution in [0.1, 0.15) is 24.0 Å². The van der Waals surface area contributed by atoms with Crippen molar-refractivity contribution in [2.45, 2.75) is 25.8 Å². The van der Waals surface area contributed by atoms with E-state index in [1.807, 2.05) is 12.1 Å². The fourth-order valence-electron chi connectivity index (χ4n) is 2.34. The lowest BCUT2D eigenvalue weighted by Crippen LogP contribution is -2.31. The standard InChI is InChI=1S/C13H20N2O/c14-13-5-3-4-11-10-15(7-1-2-9-16)8-6-12(11)13/h3-5,16H,1-2,6-10,14H2. The molecule has 1 aromatic carbocycles. The number of nitrogens with two attached hydrogens (primary N) is 1. The van der Waals surface area contributed by atoms with Gasteiger partial charge in [-0.3, -0.25) is 4.90 Å². The summed E-state index contributed by atoms with van der Waals surface area (Å²) >= 11 is 0. The molecule has 3 N–H and O–H groups in total. The van der Waals surface area contributed by atoms with Gasteiger partial charge in [-0.05, 0) is 43.0 Å². The third kappa shape index (κ3) is 2.54. The van der Waals surface area contributed by atoms with E-state index in [2.05, 4.69) is 11.0 Å². The van der Waals surface area contributed by atoms with Crippen molar-refractivity contribution in [2.75, 3.05) is 25.4 Å². The van der Waals surface area contributed by atoms with Gasteiger partial charge in [0, 0.05) is 25.4 Å². The average molecular weight is 220 g/mol. The normalized spacial score (nSPS) is 16.1. The minimum absolute atomic E-state index is 0.303. The Morgan fingerprint density at radius 1 is 1.31 bits per heavy atom. The van der Waals surface area contributed by atoms with Gasteiger partial charge in [-0.15, -0.1) is 0 Å². The van der Waals surface area contributed by atoms with Gasteiger partial charge in [0.1, 0.15) is 0 Å². The molecule has 1 aliphatic heterocycles. The number of hydrogen-bond acceptors (Lipinski definition) is 3. The molecule has 0 fully saturated rings. The molecule has 1 aromatic rings. The Kier molecular flexibility index (Phi) is 3.80. The highest BCUT2D eigenvalue weighted by atomic mass is 16.2. The SMILES string of the molecule is Nc1cccc2c1CCN(CCCCO)C2. The van der Waals surface area contributed by atoms with Crippen LogP contribution in [0.4, 0.5) is 5.69 Å². The summed E-state index contributed by atoms with van der Waals surface area (Å²) in [6.07, 6.45) is 3.04. The molecule has 3 nitrogen and oxygen atoms in total. The van der Waals surface area contributed by atoms with Crippen molar-refractivity contribution < 1.29 is 5.11 Å². The van der Waals surface area contributed by atoms with Crippen molar-refractivity contribution in [3.63, 3.8) is 0 Å². The highest BCUT2D eigenvalue weighted by Crippen LogP contribution is 2.23. The average Bonchev–Trinajstić information content (AvgIpc) is 2.30. The van der Waals surface area contributed by atoms with Crippen LogP contribution in [0.2, 0.25) is 0 Å². The second kappa shape index (κ2) is 5.32. The van der Waals surface area contributed by atoms with E-state index in [-0.39, 0.29) is 0 Å². The molecular weight excluding hydrogens is 200 g/mol. The van der Waals surface area contributed by atoms with Gasteiger partial charge in [-0.1, -0.05) is 12.1 Å². The lowest BCUT2D eigenvalue weighted by Gasteiger charge is -2.29. The maximum atomic E-state index is 8.75. The van der Waals surface area contributed by atoms with E-state index >= 15 is 0 Å². The fourth-order valence-corrected chi connectivity index (χ4v) is 2.34. The number of aliphatic hydroxyl groups is 1. The van der Waals surface area contributed by atoms with Crippen LogP contribution in [-0.4, -0.2) is 29.7 Å².